The number of aliphatic hydroxyl groups is 1. The minimum Gasteiger partial charge on any atom is -0.427 e. The minimum absolute atomic E-state index is 0.0432. The molecule has 0 bridgehead atoms. The van der Waals surface area contributed by atoms with Crippen LogP contribution in [-0.4, -0.2) is 49.3 Å². The summed E-state index contributed by atoms with van der Waals surface area (Å²) in [7, 11) is 0.591. The summed E-state index contributed by atoms with van der Waals surface area (Å²) in [6.07, 6.45) is 1.87. The molecule has 0 atom stereocenters. The third-order valence-corrected chi connectivity index (χ3v) is 3.61. The average molecular weight is 276 g/mol. The molecule has 0 aliphatic carbocycles. The topological polar surface area (TPSA) is 75.8 Å². The monoisotopic (exact) mass is 276 g/mol. The highest BCUT2D eigenvalue weighted by molar-refractivity contribution is 6.26. The molecule has 2 rings (SSSR count). The van der Waals surface area contributed by atoms with Crippen LogP contribution in [0, 0.1) is 0 Å². The number of benzene rings is 1. The number of piperidine rings is 1. The lowest BCUT2D eigenvalue weighted by Gasteiger charge is -2.29. The van der Waals surface area contributed by atoms with Crippen LogP contribution in [0.3, 0.4) is 0 Å². The average Bonchev–Trinajstić information content (AvgIpc) is 2.48. The molecule has 1 amide bonds. The molecule has 1 saturated heterocycles. The number of carbonyl (C=O) groups excluding carboxylic acids is 1. The predicted octanol–water partition coefficient (Wildman–Crippen LogP) is 0.0678. The fourth-order valence-corrected chi connectivity index (χ4v) is 2.34. The molecule has 1 aliphatic heterocycles. The van der Waals surface area contributed by atoms with Gasteiger partial charge in [-0.3, -0.25) is 4.79 Å². The van der Waals surface area contributed by atoms with Gasteiger partial charge in [0.15, 0.2) is 0 Å². The Labute approximate surface area is 120 Å². The molecule has 0 radical (unpaired) electrons. The smallest absolute Gasteiger partial charge is 0.281 e. The van der Waals surface area contributed by atoms with Crippen molar-refractivity contribution in [1.29, 1.82) is 0 Å². The largest absolute Gasteiger partial charge is 0.427 e. The highest BCUT2D eigenvalue weighted by atomic mass is 16.4. The molecule has 1 aromatic carbocycles. The third kappa shape index (κ3) is 4.06. The molecule has 0 unspecified atom stereocenters. The Morgan fingerprint density at radius 2 is 2.00 bits per heavy atom. The molecule has 1 aromatic rings. The summed E-state index contributed by atoms with van der Waals surface area (Å²) in [5, 5.41) is 9.46. The van der Waals surface area contributed by atoms with Crippen LogP contribution in [0.25, 0.3) is 0 Å². The Morgan fingerprint density at radius 1 is 1.35 bits per heavy atom. The lowest BCUT2D eigenvalue weighted by atomic mass is 9.89. The molecular weight excluding hydrogens is 255 g/mol. The first-order chi connectivity index (χ1) is 9.70. The highest BCUT2D eigenvalue weighted by Gasteiger charge is 2.22. The Bertz CT molecular complexity index is 431. The van der Waals surface area contributed by atoms with E-state index in [4.69, 9.17) is 10.4 Å². The van der Waals surface area contributed by atoms with E-state index in [1.54, 1.807) is 4.90 Å². The summed E-state index contributed by atoms with van der Waals surface area (Å²) >= 11 is 0. The summed E-state index contributed by atoms with van der Waals surface area (Å²) in [4.78, 5) is 14.1. The van der Waals surface area contributed by atoms with Crippen molar-refractivity contribution in [1.82, 2.24) is 4.90 Å². The maximum atomic E-state index is 12.3. The van der Waals surface area contributed by atoms with Crippen LogP contribution in [0.1, 0.15) is 28.8 Å². The summed E-state index contributed by atoms with van der Waals surface area (Å²) in [6.45, 7) is 1.50. The number of likely N-dealkylation sites (tertiary alicyclic amines) is 1. The summed E-state index contributed by atoms with van der Waals surface area (Å²) in [5.41, 5.74) is 7.09. The molecule has 0 aromatic heterocycles. The van der Waals surface area contributed by atoms with Gasteiger partial charge in [0.1, 0.15) is 0 Å². The molecule has 1 heterocycles. The van der Waals surface area contributed by atoms with Crippen LogP contribution in [0.5, 0.6) is 0 Å². The molecule has 0 saturated carbocycles. The first-order valence-electron chi connectivity index (χ1n) is 7.05. The molecule has 3 N–H and O–H groups in total. The van der Waals surface area contributed by atoms with Crippen molar-refractivity contribution >= 4 is 13.4 Å². The molecule has 108 valence electrons. The van der Waals surface area contributed by atoms with E-state index in [1.807, 2.05) is 24.3 Å². The van der Waals surface area contributed by atoms with E-state index in [0.717, 1.165) is 11.9 Å². The molecule has 5 nitrogen and oxygen atoms in total. The molecule has 20 heavy (non-hydrogen) atoms. The summed E-state index contributed by atoms with van der Waals surface area (Å²) in [5.74, 6) is 0.0432. The number of hydrogen-bond acceptors (Lipinski definition) is 4. The second kappa shape index (κ2) is 7.43. The van der Waals surface area contributed by atoms with Gasteiger partial charge in [0.2, 0.25) is 0 Å². The SMILES string of the molecule is NCOBCc1ccc(C(=O)N2CCC(O)CC2)cc1. The maximum absolute atomic E-state index is 12.3. The van der Waals surface area contributed by atoms with Gasteiger partial charge in [-0.05, 0) is 31.3 Å². The van der Waals surface area contributed by atoms with Crippen molar-refractivity contribution in [3.8, 4) is 0 Å². The van der Waals surface area contributed by atoms with E-state index >= 15 is 0 Å². The van der Waals surface area contributed by atoms with Crippen molar-refractivity contribution in [3.63, 3.8) is 0 Å². The zero-order chi connectivity index (χ0) is 14.4. The lowest BCUT2D eigenvalue weighted by molar-refractivity contribution is 0.0546. The molecule has 6 heteroatoms. The van der Waals surface area contributed by atoms with E-state index < -0.39 is 0 Å². The maximum Gasteiger partial charge on any atom is 0.281 e. The Hall–Kier alpha value is -1.37. The first kappa shape index (κ1) is 15.0. The van der Waals surface area contributed by atoms with Gasteiger partial charge >= 0.3 is 0 Å². The summed E-state index contributed by atoms with van der Waals surface area (Å²) < 4.78 is 5.10. The van der Waals surface area contributed by atoms with Gasteiger partial charge in [-0.2, -0.15) is 0 Å². The Morgan fingerprint density at radius 3 is 2.60 bits per heavy atom. The van der Waals surface area contributed by atoms with E-state index in [9.17, 15) is 9.90 Å². The fourth-order valence-electron chi connectivity index (χ4n) is 2.34. The van der Waals surface area contributed by atoms with Gasteiger partial charge in [0, 0.05) is 18.7 Å². The van der Waals surface area contributed by atoms with Crippen LogP contribution in [-0.2, 0) is 11.0 Å². The number of nitrogens with two attached hydrogens (primary N) is 1. The number of hydrogen-bond donors (Lipinski definition) is 2. The van der Waals surface area contributed by atoms with Crippen LogP contribution < -0.4 is 5.73 Å². The number of carbonyl (C=O) groups is 1. The van der Waals surface area contributed by atoms with Gasteiger partial charge in [-0.25, -0.2) is 0 Å². The zero-order valence-electron chi connectivity index (χ0n) is 11.6. The standard InChI is InChI=1S/C14H21BN2O3/c16-10-20-15-9-11-1-3-12(4-2-11)14(19)17-7-5-13(18)6-8-17/h1-4,13,15,18H,5-10,16H2. The first-order valence-corrected chi connectivity index (χ1v) is 7.05. The lowest BCUT2D eigenvalue weighted by Crippen LogP contribution is -2.40. The van der Waals surface area contributed by atoms with Crippen LogP contribution in [0.15, 0.2) is 24.3 Å². The molecule has 1 fully saturated rings. The van der Waals surface area contributed by atoms with Gasteiger partial charge in [-0.1, -0.05) is 17.7 Å². The number of amides is 1. The number of aliphatic hydroxyl groups excluding tert-OH is 1. The van der Waals surface area contributed by atoms with Crippen molar-refractivity contribution in [3.05, 3.63) is 35.4 Å². The van der Waals surface area contributed by atoms with Crippen molar-refractivity contribution < 1.29 is 14.6 Å². The van der Waals surface area contributed by atoms with Crippen molar-refractivity contribution in [2.75, 3.05) is 19.8 Å². The predicted molar refractivity (Wildman–Crippen MR) is 78.6 cm³/mol. The Kier molecular flexibility index (Phi) is 5.58. The quantitative estimate of drug-likeness (QED) is 0.453. The van der Waals surface area contributed by atoms with E-state index in [2.05, 4.69) is 0 Å². The van der Waals surface area contributed by atoms with Crippen LogP contribution in [0.2, 0.25) is 0 Å². The fraction of sp³-hybridized carbons (Fsp3) is 0.500. The summed E-state index contributed by atoms with van der Waals surface area (Å²) in [6, 6.07) is 7.61. The van der Waals surface area contributed by atoms with Crippen LogP contribution in [0.4, 0.5) is 0 Å². The highest BCUT2D eigenvalue weighted by Crippen LogP contribution is 2.14. The van der Waals surface area contributed by atoms with E-state index in [-0.39, 0.29) is 18.7 Å². The van der Waals surface area contributed by atoms with Gasteiger partial charge in [0.05, 0.1) is 12.8 Å². The molecule has 1 aliphatic rings. The Balaban J connectivity index is 1.90. The van der Waals surface area contributed by atoms with Crippen molar-refractivity contribution in [2.24, 2.45) is 5.73 Å². The second-order valence-electron chi connectivity index (χ2n) is 5.05. The third-order valence-electron chi connectivity index (χ3n) is 3.61. The van der Waals surface area contributed by atoms with Gasteiger partial charge in [0.25, 0.3) is 13.4 Å². The molecular formula is C14H21BN2O3. The van der Waals surface area contributed by atoms with Crippen LogP contribution >= 0.6 is 0 Å². The van der Waals surface area contributed by atoms with Gasteiger partial charge in [-0.15, -0.1) is 0 Å². The minimum atomic E-state index is -0.260. The van der Waals surface area contributed by atoms with E-state index in [0.29, 0.717) is 39.0 Å². The normalized spacial score (nSPS) is 16.2. The second-order valence-corrected chi connectivity index (χ2v) is 5.05. The number of rotatable bonds is 5. The molecule has 0 spiro atoms. The van der Waals surface area contributed by atoms with E-state index in [1.165, 1.54) is 0 Å². The number of nitrogens with zero attached hydrogens (tertiary/aromatic N) is 1. The van der Waals surface area contributed by atoms with Crippen molar-refractivity contribution in [2.45, 2.75) is 25.3 Å². The zero-order valence-corrected chi connectivity index (χ0v) is 11.6. The van der Waals surface area contributed by atoms with Gasteiger partial charge < -0.3 is 20.4 Å².